The molecule has 23 heavy (non-hydrogen) atoms. The van der Waals surface area contributed by atoms with Crippen LogP contribution in [0, 0.1) is 0 Å². The summed E-state index contributed by atoms with van der Waals surface area (Å²) in [6, 6.07) is 0. The van der Waals surface area contributed by atoms with Crippen molar-refractivity contribution in [1.29, 1.82) is 0 Å². The van der Waals surface area contributed by atoms with Crippen LogP contribution in [-0.2, 0) is 4.74 Å². The third-order valence-corrected chi connectivity index (χ3v) is 3.88. The molecule has 0 aromatic carbocycles. The van der Waals surface area contributed by atoms with E-state index in [1.54, 1.807) is 0 Å². The Balaban J connectivity index is 3.27. The van der Waals surface area contributed by atoms with Gasteiger partial charge in [-0.25, -0.2) is 0 Å². The first kappa shape index (κ1) is 22.6. The van der Waals surface area contributed by atoms with Crippen molar-refractivity contribution < 1.29 is 20.1 Å². The van der Waals surface area contributed by atoms with Crippen molar-refractivity contribution in [3.05, 3.63) is 12.2 Å². The summed E-state index contributed by atoms with van der Waals surface area (Å²) in [5.41, 5.74) is 0. The maximum atomic E-state index is 9.68. The van der Waals surface area contributed by atoms with Crippen LogP contribution in [0.2, 0.25) is 0 Å². The molecule has 0 spiro atoms. The highest BCUT2D eigenvalue weighted by Crippen LogP contribution is 2.10. The highest BCUT2D eigenvalue weighted by Gasteiger charge is 2.05. The van der Waals surface area contributed by atoms with Crippen molar-refractivity contribution in [3.8, 4) is 0 Å². The van der Waals surface area contributed by atoms with Crippen LogP contribution in [0.25, 0.3) is 0 Å². The number of aliphatic hydroxyl groups excluding tert-OH is 3. The van der Waals surface area contributed by atoms with Crippen molar-refractivity contribution in [3.63, 3.8) is 0 Å². The Labute approximate surface area is 142 Å². The average molecular weight is 331 g/mol. The molecule has 138 valence electrons. The fraction of sp³-hybridized carbons (Fsp3) is 0.895. The second-order valence-electron chi connectivity index (χ2n) is 6.35. The van der Waals surface area contributed by atoms with E-state index >= 15 is 0 Å². The zero-order chi connectivity index (χ0) is 17.2. The second-order valence-corrected chi connectivity index (χ2v) is 6.35. The van der Waals surface area contributed by atoms with Gasteiger partial charge in [0.25, 0.3) is 0 Å². The van der Waals surface area contributed by atoms with E-state index in [-0.39, 0.29) is 19.8 Å². The lowest BCUT2D eigenvalue weighted by Crippen LogP contribution is -2.23. The SMILES string of the molecule is CCCCCCCCCCC/C=C\C[C@@H](O)COC[C@@H](O)CO. The molecule has 0 saturated heterocycles. The number of aliphatic hydroxyl groups is 3. The van der Waals surface area contributed by atoms with Gasteiger partial charge in [-0.15, -0.1) is 0 Å². The number of hydrogen-bond acceptors (Lipinski definition) is 4. The third kappa shape index (κ3) is 17.8. The average Bonchev–Trinajstić information content (AvgIpc) is 2.55. The fourth-order valence-corrected chi connectivity index (χ4v) is 2.40. The van der Waals surface area contributed by atoms with Crippen LogP contribution >= 0.6 is 0 Å². The Morgan fingerprint density at radius 2 is 1.35 bits per heavy atom. The van der Waals surface area contributed by atoms with Crippen LogP contribution in [0.1, 0.15) is 77.6 Å². The number of hydrogen-bond donors (Lipinski definition) is 3. The summed E-state index contributed by atoms with van der Waals surface area (Å²) in [7, 11) is 0. The Bertz CT molecular complexity index is 256. The van der Waals surface area contributed by atoms with E-state index < -0.39 is 12.2 Å². The molecular formula is C19H38O4. The van der Waals surface area contributed by atoms with E-state index in [1.165, 1.54) is 57.8 Å². The number of ether oxygens (including phenoxy) is 1. The molecule has 0 aliphatic heterocycles. The fourth-order valence-electron chi connectivity index (χ4n) is 2.40. The van der Waals surface area contributed by atoms with Gasteiger partial charge in [-0.2, -0.15) is 0 Å². The number of allylic oxidation sites excluding steroid dienone is 1. The lowest BCUT2D eigenvalue weighted by Gasteiger charge is -2.11. The highest BCUT2D eigenvalue weighted by atomic mass is 16.5. The van der Waals surface area contributed by atoms with Crippen LogP contribution in [0.3, 0.4) is 0 Å². The summed E-state index contributed by atoms with van der Waals surface area (Å²) in [6.07, 6.45) is 16.5. The molecule has 0 saturated carbocycles. The first-order valence-corrected chi connectivity index (χ1v) is 9.40. The zero-order valence-electron chi connectivity index (χ0n) is 15.0. The first-order chi connectivity index (χ1) is 11.2. The van der Waals surface area contributed by atoms with E-state index in [2.05, 4.69) is 13.0 Å². The lowest BCUT2D eigenvalue weighted by atomic mass is 10.1. The van der Waals surface area contributed by atoms with Crippen LogP contribution < -0.4 is 0 Å². The molecule has 3 N–H and O–H groups in total. The van der Waals surface area contributed by atoms with Crippen molar-refractivity contribution in [1.82, 2.24) is 0 Å². The standard InChI is InChI=1S/C19H38O4/c1-2-3-4-5-6-7-8-9-10-11-12-13-14-18(21)16-23-17-19(22)15-20/h12-13,18-22H,2-11,14-17H2,1H3/b13-12-/t18-,19+/m1/s1. The molecule has 4 heteroatoms. The minimum absolute atomic E-state index is 0.0652. The number of unbranched alkanes of at least 4 members (excludes halogenated alkanes) is 9. The Morgan fingerprint density at radius 1 is 0.783 bits per heavy atom. The van der Waals surface area contributed by atoms with Gasteiger partial charge >= 0.3 is 0 Å². The summed E-state index contributed by atoms with van der Waals surface area (Å²) in [5.74, 6) is 0. The zero-order valence-corrected chi connectivity index (χ0v) is 15.0. The second kappa shape index (κ2) is 17.9. The summed E-state index contributed by atoms with van der Waals surface area (Å²) >= 11 is 0. The van der Waals surface area contributed by atoms with E-state index in [4.69, 9.17) is 14.9 Å². The van der Waals surface area contributed by atoms with E-state index in [9.17, 15) is 5.11 Å². The molecule has 0 aliphatic carbocycles. The van der Waals surface area contributed by atoms with E-state index in [1.807, 2.05) is 6.08 Å². The van der Waals surface area contributed by atoms with Gasteiger partial charge in [-0.05, 0) is 19.3 Å². The summed E-state index contributed by atoms with van der Waals surface area (Å²) in [4.78, 5) is 0. The molecule has 4 nitrogen and oxygen atoms in total. The maximum Gasteiger partial charge on any atom is 0.100 e. The molecule has 0 heterocycles. The van der Waals surface area contributed by atoms with E-state index in [0.29, 0.717) is 6.42 Å². The summed E-state index contributed by atoms with van der Waals surface area (Å²) in [6.45, 7) is 2.20. The van der Waals surface area contributed by atoms with E-state index in [0.717, 1.165) is 6.42 Å². The largest absolute Gasteiger partial charge is 0.394 e. The van der Waals surface area contributed by atoms with Crippen molar-refractivity contribution in [2.75, 3.05) is 19.8 Å². The van der Waals surface area contributed by atoms with Gasteiger partial charge in [0, 0.05) is 0 Å². The molecule has 2 atom stereocenters. The molecule has 0 rings (SSSR count). The lowest BCUT2D eigenvalue weighted by molar-refractivity contribution is -0.0233. The highest BCUT2D eigenvalue weighted by molar-refractivity contribution is 4.84. The van der Waals surface area contributed by atoms with Gasteiger partial charge in [0.05, 0.1) is 25.9 Å². The molecule has 0 amide bonds. The minimum atomic E-state index is -0.857. The molecule has 0 aliphatic rings. The minimum Gasteiger partial charge on any atom is -0.394 e. The first-order valence-electron chi connectivity index (χ1n) is 9.40. The van der Waals surface area contributed by atoms with Gasteiger partial charge in [-0.3, -0.25) is 0 Å². The molecule has 0 fully saturated rings. The molecular weight excluding hydrogens is 292 g/mol. The van der Waals surface area contributed by atoms with Crippen LogP contribution in [-0.4, -0.2) is 47.3 Å². The molecule has 0 aromatic rings. The molecule has 0 unspecified atom stereocenters. The summed E-state index contributed by atoms with van der Waals surface area (Å²) < 4.78 is 5.11. The van der Waals surface area contributed by atoms with Crippen molar-refractivity contribution in [2.45, 2.75) is 89.8 Å². The topological polar surface area (TPSA) is 69.9 Å². The van der Waals surface area contributed by atoms with Gasteiger partial charge in [-0.1, -0.05) is 70.4 Å². The monoisotopic (exact) mass is 330 g/mol. The Kier molecular flexibility index (Phi) is 17.6. The van der Waals surface area contributed by atoms with Gasteiger partial charge in [0.2, 0.25) is 0 Å². The van der Waals surface area contributed by atoms with Crippen LogP contribution in [0.4, 0.5) is 0 Å². The predicted octanol–water partition coefficient (Wildman–Crippen LogP) is 3.58. The van der Waals surface area contributed by atoms with Gasteiger partial charge < -0.3 is 20.1 Å². The molecule has 0 radical (unpaired) electrons. The van der Waals surface area contributed by atoms with Gasteiger partial charge in [0.1, 0.15) is 6.10 Å². The molecule has 0 bridgehead atoms. The maximum absolute atomic E-state index is 9.68. The Morgan fingerprint density at radius 3 is 1.96 bits per heavy atom. The smallest absolute Gasteiger partial charge is 0.100 e. The quantitative estimate of drug-likeness (QED) is 0.282. The van der Waals surface area contributed by atoms with Crippen LogP contribution in [0.15, 0.2) is 12.2 Å². The Hall–Kier alpha value is -0.420. The van der Waals surface area contributed by atoms with Crippen LogP contribution in [0.5, 0.6) is 0 Å². The third-order valence-electron chi connectivity index (χ3n) is 3.88. The normalized spacial score (nSPS) is 14.4. The van der Waals surface area contributed by atoms with Gasteiger partial charge in [0.15, 0.2) is 0 Å². The molecule has 0 aromatic heterocycles. The number of rotatable bonds is 17. The predicted molar refractivity (Wildman–Crippen MR) is 95.5 cm³/mol. The van der Waals surface area contributed by atoms with Crippen molar-refractivity contribution in [2.24, 2.45) is 0 Å². The van der Waals surface area contributed by atoms with Crippen molar-refractivity contribution >= 4 is 0 Å². The summed E-state index contributed by atoms with van der Waals surface area (Å²) in [5, 5.41) is 27.4.